The van der Waals surface area contributed by atoms with E-state index in [0.29, 0.717) is 25.7 Å². The first kappa shape index (κ1) is 26.3. The molecule has 1 aliphatic rings. The van der Waals surface area contributed by atoms with Crippen LogP contribution < -0.4 is 0 Å². The summed E-state index contributed by atoms with van der Waals surface area (Å²) in [5.74, 6) is -6.50. The van der Waals surface area contributed by atoms with Crippen molar-refractivity contribution in [3.8, 4) is 11.1 Å². The van der Waals surface area contributed by atoms with Crippen LogP contribution in [0.5, 0.6) is 0 Å². The molecule has 1 unspecified atom stereocenters. The number of benzene rings is 3. The Balaban J connectivity index is 1.42. The number of aryl methyl sites for hydroxylation is 2. The maximum absolute atomic E-state index is 15.0. The van der Waals surface area contributed by atoms with Crippen molar-refractivity contribution in [2.24, 2.45) is 5.92 Å². The van der Waals surface area contributed by atoms with Crippen molar-refractivity contribution in [3.63, 3.8) is 0 Å². The Bertz CT molecular complexity index is 1260. The van der Waals surface area contributed by atoms with Crippen LogP contribution in [-0.4, -0.2) is 5.11 Å². The van der Waals surface area contributed by atoms with E-state index in [1.54, 1.807) is 0 Å². The van der Waals surface area contributed by atoms with E-state index in [1.807, 2.05) is 0 Å². The summed E-state index contributed by atoms with van der Waals surface area (Å²) in [5.41, 5.74) is -0.179. The van der Waals surface area contributed by atoms with Gasteiger partial charge in [0.2, 0.25) is 0 Å². The first-order chi connectivity index (χ1) is 17.1. The lowest BCUT2D eigenvalue weighted by atomic mass is 9.76. The van der Waals surface area contributed by atoms with Crippen molar-refractivity contribution in [2.75, 3.05) is 0 Å². The highest BCUT2D eigenvalue weighted by Crippen LogP contribution is 2.40. The highest BCUT2D eigenvalue weighted by atomic mass is 19.2. The molecule has 1 saturated carbocycles. The summed E-state index contributed by atoms with van der Waals surface area (Å²) in [5, 5.41) is 9.53. The molecule has 0 aliphatic heterocycles. The number of hydrogen-bond acceptors (Lipinski definition) is 1. The van der Waals surface area contributed by atoms with Crippen molar-refractivity contribution in [3.05, 3.63) is 93.6 Å². The van der Waals surface area contributed by atoms with Gasteiger partial charge in [0.25, 0.3) is 0 Å². The minimum absolute atomic E-state index is 0.0766. The second-order valence-corrected chi connectivity index (χ2v) is 9.76. The molecule has 36 heavy (non-hydrogen) atoms. The molecular weight excluding hydrogens is 478 g/mol. The monoisotopic (exact) mass is 506 g/mol. The molecule has 0 aromatic heterocycles. The van der Waals surface area contributed by atoms with Crippen LogP contribution >= 0.6 is 0 Å². The van der Waals surface area contributed by atoms with Gasteiger partial charge in [-0.15, -0.1) is 0 Å². The number of aliphatic hydroxyl groups is 1. The molecule has 0 heterocycles. The first-order valence-electron chi connectivity index (χ1n) is 12.2. The van der Waals surface area contributed by atoms with E-state index in [9.17, 15) is 31.4 Å². The van der Waals surface area contributed by atoms with Crippen molar-refractivity contribution >= 4 is 0 Å². The van der Waals surface area contributed by atoms with Crippen molar-refractivity contribution in [1.29, 1.82) is 0 Å². The summed E-state index contributed by atoms with van der Waals surface area (Å²) in [6.45, 7) is 2.76. The minimum atomic E-state index is -1.21. The van der Waals surface area contributed by atoms with E-state index in [4.69, 9.17) is 0 Å². The van der Waals surface area contributed by atoms with Gasteiger partial charge in [-0.05, 0) is 80.9 Å². The second kappa shape index (κ2) is 10.7. The zero-order valence-electron chi connectivity index (χ0n) is 20.2. The van der Waals surface area contributed by atoms with E-state index >= 15 is 0 Å². The summed E-state index contributed by atoms with van der Waals surface area (Å²) in [6.07, 6.45) is 2.53. The van der Waals surface area contributed by atoms with Gasteiger partial charge in [0, 0.05) is 16.7 Å². The van der Waals surface area contributed by atoms with Crippen LogP contribution in [0, 0.1) is 47.7 Å². The molecule has 0 amide bonds. The van der Waals surface area contributed by atoms with Crippen molar-refractivity contribution in [1.82, 2.24) is 0 Å². The lowest BCUT2D eigenvalue weighted by molar-refractivity contribution is 0.192. The molecular formula is C29H28F6O. The van der Waals surface area contributed by atoms with Gasteiger partial charge in [0.05, 0.1) is 6.10 Å². The largest absolute Gasteiger partial charge is 0.389 e. The zero-order chi connectivity index (χ0) is 26.1. The predicted octanol–water partition coefficient (Wildman–Crippen LogP) is 8.46. The highest BCUT2D eigenvalue weighted by molar-refractivity contribution is 5.66. The molecule has 0 saturated heterocycles. The lowest BCUT2D eigenvalue weighted by Crippen LogP contribution is -2.16. The predicted molar refractivity (Wildman–Crippen MR) is 126 cm³/mol. The van der Waals surface area contributed by atoms with Crippen LogP contribution in [0.1, 0.15) is 73.3 Å². The van der Waals surface area contributed by atoms with E-state index < -0.39 is 41.0 Å². The molecule has 0 spiro atoms. The Kier molecular flexibility index (Phi) is 7.79. The third kappa shape index (κ3) is 5.03. The average Bonchev–Trinajstić information content (AvgIpc) is 2.86. The summed E-state index contributed by atoms with van der Waals surface area (Å²) in [6, 6.07) is 8.19. The van der Waals surface area contributed by atoms with Gasteiger partial charge in [-0.1, -0.05) is 36.4 Å². The van der Waals surface area contributed by atoms with Crippen molar-refractivity contribution in [2.45, 2.75) is 64.4 Å². The van der Waals surface area contributed by atoms with Crippen LogP contribution in [0.15, 0.2) is 36.4 Å². The first-order valence-corrected chi connectivity index (χ1v) is 12.2. The van der Waals surface area contributed by atoms with Gasteiger partial charge >= 0.3 is 0 Å². The molecule has 192 valence electrons. The molecule has 1 atom stereocenters. The molecule has 1 N–H and O–H groups in total. The Hall–Kier alpha value is -2.80. The summed E-state index contributed by atoms with van der Waals surface area (Å²) in [4.78, 5) is 0. The second-order valence-electron chi connectivity index (χ2n) is 9.76. The smallest absolute Gasteiger partial charge is 0.167 e. The number of halogens is 6. The van der Waals surface area contributed by atoms with Gasteiger partial charge in [-0.2, -0.15) is 0 Å². The molecule has 7 heteroatoms. The number of aliphatic hydroxyl groups excluding tert-OH is 1. The SMILES string of the molecule is Cc1ccc(-c2ccc(C3CCC(CCc4ccc(C(C)O)c(F)c4F)CC3)c(F)c2F)c(F)c1F. The maximum Gasteiger partial charge on any atom is 0.167 e. The topological polar surface area (TPSA) is 20.2 Å². The Morgan fingerprint density at radius 2 is 1.33 bits per heavy atom. The number of hydrogen-bond donors (Lipinski definition) is 1. The van der Waals surface area contributed by atoms with E-state index in [0.717, 1.165) is 12.8 Å². The Labute approximate surface area is 206 Å². The third-order valence-electron chi connectivity index (χ3n) is 7.43. The molecule has 0 bridgehead atoms. The molecule has 0 radical (unpaired) electrons. The molecule has 1 fully saturated rings. The molecule has 3 aromatic rings. The Morgan fingerprint density at radius 3 is 1.97 bits per heavy atom. The van der Waals surface area contributed by atoms with Crippen LogP contribution in [0.2, 0.25) is 0 Å². The van der Waals surface area contributed by atoms with Crippen LogP contribution in [-0.2, 0) is 6.42 Å². The summed E-state index contributed by atoms with van der Waals surface area (Å²) in [7, 11) is 0. The molecule has 4 rings (SSSR count). The van der Waals surface area contributed by atoms with Gasteiger partial charge in [0.1, 0.15) is 0 Å². The molecule has 3 aromatic carbocycles. The van der Waals surface area contributed by atoms with Crippen LogP contribution in [0.25, 0.3) is 11.1 Å². The van der Waals surface area contributed by atoms with E-state index in [1.165, 1.54) is 50.2 Å². The quantitative estimate of drug-likeness (QED) is 0.333. The van der Waals surface area contributed by atoms with Crippen molar-refractivity contribution < 1.29 is 31.4 Å². The fourth-order valence-corrected chi connectivity index (χ4v) is 5.18. The lowest BCUT2D eigenvalue weighted by Gasteiger charge is -2.29. The van der Waals surface area contributed by atoms with E-state index in [2.05, 4.69) is 0 Å². The average molecular weight is 507 g/mol. The van der Waals surface area contributed by atoms with Crippen LogP contribution in [0.3, 0.4) is 0 Å². The van der Waals surface area contributed by atoms with Gasteiger partial charge in [-0.3, -0.25) is 0 Å². The third-order valence-corrected chi connectivity index (χ3v) is 7.43. The van der Waals surface area contributed by atoms with Gasteiger partial charge in [0.15, 0.2) is 34.9 Å². The maximum atomic E-state index is 15.0. The van der Waals surface area contributed by atoms with E-state index in [-0.39, 0.29) is 45.2 Å². The summed E-state index contributed by atoms with van der Waals surface area (Å²) < 4.78 is 86.7. The minimum Gasteiger partial charge on any atom is -0.389 e. The van der Waals surface area contributed by atoms with Gasteiger partial charge < -0.3 is 5.11 Å². The Morgan fingerprint density at radius 1 is 0.722 bits per heavy atom. The fourth-order valence-electron chi connectivity index (χ4n) is 5.18. The number of rotatable bonds is 6. The van der Waals surface area contributed by atoms with Gasteiger partial charge in [-0.25, -0.2) is 26.3 Å². The fraction of sp³-hybridized carbons (Fsp3) is 0.379. The normalized spacial score (nSPS) is 18.9. The highest BCUT2D eigenvalue weighted by Gasteiger charge is 2.28. The van der Waals surface area contributed by atoms with Crippen LogP contribution in [0.4, 0.5) is 26.3 Å². The zero-order valence-corrected chi connectivity index (χ0v) is 20.2. The molecule has 1 nitrogen and oxygen atoms in total. The standard InChI is InChI=1S/C29H28F6O/c1-15-3-11-22(28(34)24(15)30)23-14-13-21(27(33)29(23)35)18-7-4-17(5-8-18)6-9-19-10-12-20(16(2)36)26(32)25(19)31/h3,10-14,16-18,36H,4-9H2,1-2H3. The summed E-state index contributed by atoms with van der Waals surface area (Å²) >= 11 is 0. The molecule has 1 aliphatic carbocycles.